The van der Waals surface area contributed by atoms with Crippen molar-refractivity contribution in [3.63, 3.8) is 0 Å². The van der Waals surface area contributed by atoms with Crippen molar-refractivity contribution in [1.82, 2.24) is 24.5 Å². The Morgan fingerprint density at radius 1 is 1.21 bits per heavy atom. The van der Waals surface area contributed by atoms with E-state index in [9.17, 15) is 4.79 Å². The van der Waals surface area contributed by atoms with Gasteiger partial charge in [-0.1, -0.05) is 31.0 Å². The molecule has 0 aliphatic carbocycles. The summed E-state index contributed by atoms with van der Waals surface area (Å²) in [7, 11) is 1.97. The predicted octanol–water partition coefficient (Wildman–Crippen LogP) is 3.48. The van der Waals surface area contributed by atoms with E-state index in [-0.39, 0.29) is 5.91 Å². The summed E-state index contributed by atoms with van der Waals surface area (Å²) in [6, 6.07) is 9.78. The van der Waals surface area contributed by atoms with Crippen LogP contribution < -0.4 is 4.90 Å². The Bertz CT molecular complexity index is 926. The molecule has 154 valence electrons. The van der Waals surface area contributed by atoms with Crippen LogP contribution in [0.5, 0.6) is 0 Å². The van der Waals surface area contributed by atoms with Gasteiger partial charge in [-0.15, -0.1) is 0 Å². The minimum absolute atomic E-state index is 0.266. The first-order valence-electron chi connectivity index (χ1n) is 9.96. The topological polar surface area (TPSA) is 66.6 Å². The summed E-state index contributed by atoms with van der Waals surface area (Å²) in [5, 5.41) is 4.78. The van der Waals surface area contributed by atoms with Gasteiger partial charge in [-0.2, -0.15) is 5.10 Å². The van der Waals surface area contributed by atoms with Gasteiger partial charge in [0, 0.05) is 45.0 Å². The molecule has 4 heterocycles. The first-order valence-corrected chi connectivity index (χ1v) is 10.3. The zero-order valence-corrected chi connectivity index (χ0v) is 17.7. The molecule has 1 fully saturated rings. The summed E-state index contributed by atoms with van der Waals surface area (Å²) in [6.45, 7) is 4.61. The third-order valence-corrected chi connectivity index (χ3v) is 5.09. The number of anilines is 1. The summed E-state index contributed by atoms with van der Waals surface area (Å²) in [4.78, 5) is 23.7. The second-order valence-electron chi connectivity index (χ2n) is 7.04. The number of pyridine rings is 2. The Kier molecular flexibility index (Phi) is 7.41. The van der Waals surface area contributed by atoms with Crippen LogP contribution in [0, 0.1) is 0 Å². The number of halogens is 1. The van der Waals surface area contributed by atoms with Gasteiger partial charge in [-0.05, 0) is 37.1 Å². The Balaban J connectivity index is 0.000000176. The summed E-state index contributed by atoms with van der Waals surface area (Å²) in [5.41, 5.74) is 2.16. The molecule has 0 radical (unpaired) electrons. The van der Waals surface area contributed by atoms with Crippen molar-refractivity contribution in [2.24, 2.45) is 0 Å². The molecule has 4 rings (SSSR count). The maximum absolute atomic E-state index is 11.4. The maximum Gasteiger partial charge on any atom is 0.222 e. The molecule has 3 aromatic heterocycles. The Morgan fingerprint density at radius 2 is 2.07 bits per heavy atom. The number of aryl methyl sites for hydroxylation is 1. The first kappa shape index (κ1) is 21.0. The molecule has 29 heavy (non-hydrogen) atoms. The van der Waals surface area contributed by atoms with Crippen molar-refractivity contribution in [2.75, 3.05) is 31.6 Å². The van der Waals surface area contributed by atoms with Gasteiger partial charge in [0.2, 0.25) is 5.91 Å². The van der Waals surface area contributed by atoms with Crippen LogP contribution in [0.2, 0.25) is 5.02 Å². The van der Waals surface area contributed by atoms with E-state index < -0.39 is 0 Å². The number of carbonyl (C=O) groups is 1. The lowest BCUT2D eigenvalue weighted by atomic mass is 10.2. The normalized spacial score (nSPS) is 13.5. The lowest BCUT2D eigenvalue weighted by molar-refractivity contribution is -0.127. The molecule has 3 aromatic rings. The average molecular weight is 415 g/mol. The van der Waals surface area contributed by atoms with Gasteiger partial charge in [0.1, 0.15) is 12.1 Å². The molecular formula is C21H27ClN6O. The van der Waals surface area contributed by atoms with Crippen LogP contribution in [0.25, 0.3) is 5.65 Å². The number of fused-ring (bicyclic) bond motifs is 1. The fourth-order valence-corrected chi connectivity index (χ4v) is 3.38. The van der Waals surface area contributed by atoms with Crippen molar-refractivity contribution >= 4 is 29.0 Å². The van der Waals surface area contributed by atoms with Crippen LogP contribution in [0.15, 0.2) is 42.9 Å². The molecule has 0 atom stereocenters. The highest BCUT2D eigenvalue weighted by Gasteiger charge is 2.19. The molecule has 1 aliphatic rings. The van der Waals surface area contributed by atoms with Gasteiger partial charge in [0.25, 0.3) is 0 Å². The second kappa shape index (κ2) is 10.2. The van der Waals surface area contributed by atoms with E-state index >= 15 is 0 Å². The standard InChI is InChI=1S/C12H16ClN3O.C9H11N3/c1-15(11-5-4-10(13)9-14-11)7-8-16-6-2-3-12(16)17;1-2-4-8-5-3-6-9-10-7-11-12(8)9/h4-5,9H,2-3,6-8H2,1H3;3,5-7H,2,4H2,1H3. The summed E-state index contributed by atoms with van der Waals surface area (Å²) in [5.74, 6) is 1.14. The van der Waals surface area contributed by atoms with Crippen LogP contribution in [-0.4, -0.2) is 57.1 Å². The number of aromatic nitrogens is 4. The van der Waals surface area contributed by atoms with Crippen LogP contribution in [0.1, 0.15) is 31.9 Å². The van der Waals surface area contributed by atoms with Gasteiger partial charge in [-0.3, -0.25) is 4.79 Å². The van der Waals surface area contributed by atoms with Gasteiger partial charge in [-0.25, -0.2) is 14.5 Å². The fourth-order valence-electron chi connectivity index (χ4n) is 3.27. The zero-order valence-electron chi connectivity index (χ0n) is 17.0. The number of amides is 1. The molecule has 0 unspecified atom stereocenters. The van der Waals surface area contributed by atoms with Gasteiger partial charge >= 0.3 is 0 Å². The van der Waals surface area contributed by atoms with Crippen molar-refractivity contribution in [3.05, 3.63) is 53.6 Å². The second-order valence-corrected chi connectivity index (χ2v) is 7.47. The van der Waals surface area contributed by atoms with E-state index in [0.717, 1.165) is 50.4 Å². The smallest absolute Gasteiger partial charge is 0.222 e. The maximum atomic E-state index is 11.4. The van der Waals surface area contributed by atoms with E-state index in [1.807, 2.05) is 45.6 Å². The predicted molar refractivity (Wildman–Crippen MR) is 115 cm³/mol. The highest BCUT2D eigenvalue weighted by molar-refractivity contribution is 6.30. The number of likely N-dealkylation sites (tertiary alicyclic amines) is 1. The van der Waals surface area contributed by atoms with Crippen LogP contribution >= 0.6 is 11.6 Å². The lowest BCUT2D eigenvalue weighted by Crippen LogP contribution is -2.34. The minimum atomic E-state index is 0.266. The van der Waals surface area contributed by atoms with E-state index in [4.69, 9.17) is 11.6 Å². The summed E-state index contributed by atoms with van der Waals surface area (Å²) >= 11 is 5.78. The third kappa shape index (κ3) is 5.67. The first-order chi connectivity index (χ1) is 14.1. The molecule has 0 N–H and O–H groups in total. The molecule has 7 nitrogen and oxygen atoms in total. The molecule has 1 saturated heterocycles. The molecule has 1 aliphatic heterocycles. The van der Waals surface area contributed by atoms with Crippen molar-refractivity contribution in [1.29, 1.82) is 0 Å². The van der Waals surface area contributed by atoms with Crippen LogP contribution in [-0.2, 0) is 11.2 Å². The van der Waals surface area contributed by atoms with Gasteiger partial charge < -0.3 is 9.80 Å². The largest absolute Gasteiger partial charge is 0.358 e. The van der Waals surface area contributed by atoms with Gasteiger partial charge in [0.15, 0.2) is 5.65 Å². The van der Waals surface area contributed by atoms with Crippen molar-refractivity contribution in [2.45, 2.75) is 32.6 Å². The molecule has 0 spiro atoms. The molecule has 0 saturated carbocycles. The van der Waals surface area contributed by atoms with E-state index in [0.29, 0.717) is 11.4 Å². The minimum Gasteiger partial charge on any atom is -0.358 e. The molecule has 8 heteroatoms. The summed E-state index contributed by atoms with van der Waals surface area (Å²) < 4.78 is 1.89. The molecule has 0 bridgehead atoms. The number of likely N-dealkylation sites (N-methyl/N-ethyl adjacent to an activating group) is 1. The SMILES string of the molecule is CCCc1cccc2ncnn12.CN(CCN1CCCC1=O)c1ccc(Cl)cn1. The Morgan fingerprint density at radius 3 is 2.76 bits per heavy atom. The Labute approximate surface area is 176 Å². The monoisotopic (exact) mass is 414 g/mol. The number of hydrogen-bond acceptors (Lipinski definition) is 5. The third-order valence-electron chi connectivity index (χ3n) is 4.87. The highest BCUT2D eigenvalue weighted by atomic mass is 35.5. The number of hydrogen-bond donors (Lipinski definition) is 0. The molecule has 0 aromatic carbocycles. The fraction of sp³-hybridized carbons (Fsp3) is 0.429. The zero-order chi connectivity index (χ0) is 20.6. The Hall–Kier alpha value is -2.67. The van der Waals surface area contributed by atoms with Crippen LogP contribution in [0.3, 0.4) is 0 Å². The molecular weight excluding hydrogens is 388 g/mol. The lowest BCUT2D eigenvalue weighted by Gasteiger charge is -2.22. The van der Waals surface area contributed by atoms with E-state index in [1.165, 1.54) is 5.69 Å². The van der Waals surface area contributed by atoms with E-state index in [2.05, 4.69) is 28.1 Å². The quantitative estimate of drug-likeness (QED) is 0.617. The van der Waals surface area contributed by atoms with Crippen molar-refractivity contribution in [3.8, 4) is 0 Å². The molecule has 1 amide bonds. The highest BCUT2D eigenvalue weighted by Crippen LogP contribution is 2.14. The number of rotatable bonds is 6. The number of nitrogens with zero attached hydrogens (tertiary/aromatic N) is 6. The van der Waals surface area contributed by atoms with Gasteiger partial charge in [0.05, 0.1) is 5.02 Å². The average Bonchev–Trinajstić information content (AvgIpc) is 3.37. The van der Waals surface area contributed by atoms with Crippen molar-refractivity contribution < 1.29 is 4.79 Å². The number of carbonyl (C=O) groups excluding carboxylic acids is 1. The summed E-state index contributed by atoms with van der Waals surface area (Å²) in [6.07, 6.45) is 7.10. The van der Waals surface area contributed by atoms with Crippen LogP contribution in [0.4, 0.5) is 5.82 Å². The van der Waals surface area contributed by atoms with E-state index in [1.54, 1.807) is 12.5 Å².